The summed E-state index contributed by atoms with van der Waals surface area (Å²) in [6.07, 6.45) is 1.12. The second-order valence-electron chi connectivity index (χ2n) is 5.03. The zero-order valence-corrected chi connectivity index (χ0v) is 13.6. The van der Waals surface area contributed by atoms with Crippen molar-refractivity contribution in [3.8, 4) is 0 Å². The van der Waals surface area contributed by atoms with Crippen molar-refractivity contribution in [3.05, 3.63) is 28.8 Å². The summed E-state index contributed by atoms with van der Waals surface area (Å²) in [6, 6.07) is 7.28. The first-order valence-corrected chi connectivity index (χ1v) is 7.72. The molecule has 0 aliphatic rings. The fourth-order valence-corrected chi connectivity index (χ4v) is 2.69. The number of hydrogen-bond donors (Lipinski definition) is 1. The van der Waals surface area contributed by atoms with E-state index in [4.69, 9.17) is 11.6 Å². The maximum absolute atomic E-state index is 6.48. The van der Waals surface area contributed by atoms with Crippen molar-refractivity contribution < 1.29 is 0 Å². The number of nitrogens with zero attached hydrogens (tertiary/aromatic N) is 1. The van der Waals surface area contributed by atoms with Crippen molar-refractivity contribution in [2.24, 2.45) is 0 Å². The summed E-state index contributed by atoms with van der Waals surface area (Å²) >= 11 is 6.48. The molecule has 0 saturated heterocycles. The average Bonchev–Trinajstić information content (AvgIpc) is 2.41. The van der Waals surface area contributed by atoms with Crippen LogP contribution in [0.15, 0.2) is 18.2 Å². The van der Waals surface area contributed by atoms with Crippen molar-refractivity contribution in [1.82, 2.24) is 5.32 Å². The fourth-order valence-electron chi connectivity index (χ4n) is 2.39. The highest BCUT2D eigenvalue weighted by molar-refractivity contribution is 6.33. The van der Waals surface area contributed by atoms with Crippen molar-refractivity contribution in [2.45, 2.75) is 53.1 Å². The van der Waals surface area contributed by atoms with Gasteiger partial charge in [0.05, 0.1) is 10.7 Å². The molecule has 2 nitrogen and oxygen atoms in total. The Labute approximate surface area is 123 Å². The second kappa shape index (κ2) is 7.76. The number of halogens is 1. The SMILES string of the molecule is CCNC(C)c1ccc(N(CC)C(C)CC)c(Cl)c1. The third-order valence-corrected chi connectivity index (χ3v) is 4.06. The first kappa shape index (κ1) is 16.3. The van der Waals surface area contributed by atoms with Crippen molar-refractivity contribution in [3.63, 3.8) is 0 Å². The van der Waals surface area contributed by atoms with Crippen molar-refractivity contribution in [2.75, 3.05) is 18.0 Å². The van der Waals surface area contributed by atoms with E-state index in [1.807, 2.05) is 0 Å². The van der Waals surface area contributed by atoms with Crippen LogP contribution in [0.2, 0.25) is 5.02 Å². The lowest BCUT2D eigenvalue weighted by molar-refractivity contribution is 0.597. The van der Waals surface area contributed by atoms with Gasteiger partial charge in [0.2, 0.25) is 0 Å². The maximum Gasteiger partial charge on any atom is 0.0642 e. The minimum atomic E-state index is 0.343. The van der Waals surface area contributed by atoms with Gasteiger partial charge in [-0.15, -0.1) is 0 Å². The van der Waals surface area contributed by atoms with E-state index >= 15 is 0 Å². The normalized spacial score (nSPS) is 14.2. The van der Waals surface area contributed by atoms with Crippen LogP contribution >= 0.6 is 11.6 Å². The average molecular weight is 283 g/mol. The van der Waals surface area contributed by atoms with Gasteiger partial charge in [-0.2, -0.15) is 0 Å². The minimum Gasteiger partial charge on any atom is -0.368 e. The molecule has 0 saturated carbocycles. The van der Waals surface area contributed by atoms with Crippen molar-refractivity contribution in [1.29, 1.82) is 0 Å². The van der Waals surface area contributed by atoms with Gasteiger partial charge in [0.1, 0.15) is 0 Å². The molecule has 0 radical (unpaired) electrons. The highest BCUT2D eigenvalue weighted by Gasteiger charge is 2.15. The summed E-state index contributed by atoms with van der Waals surface area (Å²) in [5.41, 5.74) is 2.39. The number of benzene rings is 1. The van der Waals surface area contributed by atoms with Crippen LogP contribution in [0.3, 0.4) is 0 Å². The molecule has 0 aromatic heterocycles. The van der Waals surface area contributed by atoms with Gasteiger partial charge in [-0.1, -0.05) is 31.5 Å². The summed E-state index contributed by atoms with van der Waals surface area (Å²) in [4.78, 5) is 2.37. The van der Waals surface area contributed by atoms with Gasteiger partial charge < -0.3 is 10.2 Å². The Bertz CT molecular complexity index is 392. The van der Waals surface area contributed by atoms with Gasteiger partial charge in [0.25, 0.3) is 0 Å². The van der Waals surface area contributed by atoms with E-state index in [2.05, 4.69) is 63.0 Å². The minimum absolute atomic E-state index is 0.343. The molecule has 1 rings (SSSR count). The molecule has 3 heteroatoms. The van der Waals surface area contributed by atoms with E-state index in [-0.39, 0.29) is 0 Å². The summed E-state index contributed by atoms with van der Waals surface area (Å²) in [5.74, 6) is 0. The van der Waals surface area contributed by atoms with E-state index in [1.54, 1.807) is 0 Å². The van der Waals surface area contributed by atoms with Crippen LogP contribution in [0.4, 0.5) is 5.69 Å². The van der Waals surface area contributed by atoms with Crippen LogP contribution in [0, 0.1) is 0 Å². The van der Waals surface area contributed by atoms with Crippen LogP contribution < -0.4 is 10.2 Å². The van der Waals surface area contributed by atoms with Crippen LogP contribution in [0.5, 0.6) is 0 Å². The Morgan fingerprint density at radius 1 is 1.21 bits per heavy atom. The third-order valence-electron chi connectivity index (χ3n) is 3.76. The van der Waals surface area contributed by atoms with Crippen LogP contribution in [-0.2, 0) is 0 Å². The Morgan fingerprint density at radius 3 is 2.37 bits per heavy atom. The molecule has 0 amide bonds. The van der Waals surface area contributed by atoms with E-state index < -0.39 is 0 Å². The summed E-state index contributed by atoms with van der Waals surface area (Å²) in [6.45, 7) is 12.9. The first-order chi connectivity index (χ1) is 9.04. The Morgan fingerprint density at radius 2 is 1.89 bits per heavy atom. The molecule has 2 atom stereocenters. The molecular formula is C16H27ClN2. The maximum atomic E-state index is 6.48. The number of anilines is 1. The van der Waals surface area contributed by atoms with Crippen LogP contribution in [0.25, 0.3) is 0 Å². The standard InChI is InChI=1S/C16H27ClN2/c1-6-12(4)19(8-3)16-10-9-14(11-15(16)17)13(5)18-7-2/h9-13,18H,6-8H2,1-5H3. The molecule has 0 aliphatic heterocycles. The quantitative estimate of drug-likeness (QED) is 0.784. The second-order valence-corrected chi connectivity index (χ2v) is 5.44. The van der Waals surface area contributed by atoms with Gasteiger partial charge in [0.15, 0.2) is 0 Å². The number of hydrogen-bond acceptors (Lipinski definition) is 2. The molecule has 1 aromatic carbocycles. The lowest BCUT2D eigenvalue weighted by Gasteiger charge is -2.30. The fraction of sp³-hybridized carbons (Fsp3) is 0.625. The number of nitrogens with one attached hydrogen (secondary N) is 1. The Kier molecular flexibility index (Phi) is 6.67. The summed E-state index contributed by atoms with van der Waals surface area (Å²) in [5, 5.41) is 4.26. The highest BCUT2D eigenvalue weighted by Crippen LogP contribution is 2.30. The van der Waals surface area contributed by atoms with Gasteiger partial charge in [-0.3, -0.25) is 0 Å². The smallest absolute Gasteiger partial charge is 0.0642 e. The Hall–Kier alpha value is -0.730. The van der Waals surface area contributed by atoms with Crippen LogP contribution in [0.1, 0.15) is 52.6 Å². The molecule has 0 bridgehead atoms. The molecule has 19 heavy (non-hydrogen) atoms. The first-order valence-electron chi connectivity index (χ1n) is 7.34. The number of rotatable bonds is 7. The molecular weight excluding hydrogens is 256 g/mol. The summed E-state index contributed by atoms with van der Waals surface area (Å²) in [7, 11) is 0. The van der Waals surface area contributed by atoms with Gasteiger partial charge in [-0.05, 0) is 51.4 Å². The summed E-state index contributed by atoms with van der Waals surface area (Å²) < 4.78 is 0. The Balaban J connectivity index is 2.98. The predicted molar refractivity (Wildman–Crippen MR) is 86.3 cm³/mol. The molecule has 1 N–H and O–H groups in total. The van der Waals surface area contributed by atoms with Gasteiger partial charge >= 0.3 is 0 Å². The molecule has 0 aliphatic carbocycles. The lowest BCUT2D eigenvalue weighted by atomic mass is 10.1. The largest absolute Gasteiger partial charge is 0.368 e. The van der Waals surface area contributed by atoms with Crippen LogP contribution in [-0.4, -0.2) is 19.1 Å². The molecule has 108 valence electrons. The molecule has 0 heterocycles. The highest BCUT2D eigenvalue weighted by atomic mass is 35.5. The van der Waals surface area contributed by atoms with E-state index in [9.17, 15) is 0 Å². The van der Waals surface area contributed by atoms with E-state index in [1.165, 1.54) is 5.56 Å². The van der Waals surface area contributed by atoms with E-state index in [0.717, 1.165) is 30.2 Å². The molecule has 0 spiro atoms. The molecule has 2 unspecified atom stereocenters. The molecule has 1 aromatic rings. The monoisotopic (exact) mass is 282 g/mol. The van der Waals surface area contributed by atoms with Gasteiger partial charge in [0, 0.05) is 18.6 Å². The van der Waals surface area contributed by atoms with Gasteiger partial charge in [-0.25, -0.2) is 0 Å². The predicted octanol–water partition coefficient (Wildman–Crippen LogP) is 4.64. The lowest BCUT2D eigenvalue weighted by Crippen LogP contribution is -2.32. The zero-order valence-electron chi connectivity index (χ0n) is 12.8. The van der Waals surface area contributed by atoms with Crippen molar-refractivity contribution >= 4 is 17.3 Å². The molecule has 0 fully saturated rings. The topological polar surface area (TPSA) is 15.3 Å². The zero-order chi connectivity index (χ0) is 14.4. The third kappa shape index (κ3) is 4.12. The van der Waals surface area contributed by atoms with E-state index in [0.29, 0.717) is 12.1 Å².